The lowest BCUT2D eigenvalue weighted by Crippen LogP contribution is -2.28. The molecule has 0 radical (unpaired) electrons. The van der Waals surface area contributed by atoms with Gasteiger partial charge in [0.1, 0.15) is 0 Å². The summed E-state index contributed by atoms with van der Waals surface area (Å²) in [4.78, 5) is 4.27. The highest BCUT2D eigenvalue weighted by Crippen LogP contribution is 2.15. The number of aromatic nitrogens is 2. The monoisotopic (exact) mass is 245 g/mol. The van der Waals surface area contributed by atoms with E-state index in [0.29, 0.717) is 24.2 Å². The molecule has 1 atom stereocenters. The summed E-state index contributed by atoms with van der Waals surface area (Å²) in [6.45, 7) is 4.78. The second kappa shape index (κ2) is 6.88. The minimum atomic E-state index is -0.0870. The molecule has 0 fully saturated rings. The van der Waals surface area contributed by atoms with E-state index in [1.807, 2.05) is 0 Å². The maximum atomic E-state index is 5.79. The highest BCUT2D eigenvalue weighted by molar-refractivity contribution is 7.99. The van der Waals surface area contributed by atoms with Gasteiger partial charge >= 0.3 is 0 Å². The summed E-state index contributed by atoms with van der Waals surface area (Å²) in [6.07, 6.45) is 0.563. The van der Waals surface area contributed by atoms with Gasteiger partial charge in [-0.2, -0.15) is 16.7 Å². The first-order valence-electron chi connectivity index (χ1n) is 5.29. The Kier molecular flexibility index (Phi) is 5.79. The predicted molar refractivity (Wildman–Crippen MR) is 64.3 cm³/mol. The fourth-order valence-electron chi connectivity index (χ4n) is 1.17. The van der Waals surface area contributed by atoms with Crippen LogP contribution in [0, 0.1) is 0 Å². The van der Waals surface area contributed by atoms with Crippen molar-refractivity contribution in [1.82, 2.24) is 10.1 Å². The molecule has 92 valence electrons. The maximum Gasteiger partial charge on any atom is 0.228 e. The van der Waals surface area contributed by atoms with Gasteiger partial charge in [0.2, 0.25) is 5.89 Å². The van der Waals surface area contributed by atoms with Gasteiger partial charge < -0.3 is 15.0 Å². The second-order valence-corrected chi connectivity index (χ2v) is 5.45. The van der Waals surface area contributed by atoms with E-state index >= 15 is 0 Å². The van der Waals surface area contributed by atoms with Crippen LogP contribution in [0.25, 0.3) is 0 Å². The molecular formula is C10H19N3O2S. The molecule has 0 aromatic carbocycles. The summed E-state index contributed by atoms with van der Waals surface area (Å²) in [7, 11) is 1.62. The molecule has 0 spiro atoms. The molecule has 0 bridgehead atoms. The highest BCUT2D eigenvalue weighted by atomic mass is 32.2. The summed E-state index contributed by atoms with van der Waals surface area (Å²) in [5.41, 5.74) is 5.79. The molecule has 0 amide bonds. The third-order valence-electron chi connectivity index (χ3n) is 1.87. The number of nitrogens with two attached hydrogens (primary N) is 1. The molecule has 1 heterocycles. The molecule has 5 nitrogen and oxygen atoms in total. The van der Waals surface area contributed by atoms with Gasteiger partial charge in [0.15, 0.2) is 5.82 Å². The van der Waals surface area contributed by atoms with Crippen LogP contribution in [0.1, 0.15) is 25.6 Å². The molecule has 6 heteroatoms. The van der Waals surface area contributed by atoms with Gasteiger partial charge in [0.05, 0.1) is 12.4 Å². The summed E-state index contributed by atoms with van der Waals surface area (Å²) >= 11 is 1.79. The van der Waals surface area contributed by atoms with E-state index in [4.69, 9.17) is 15.0 Å². The number of ether oxygens (including phenoxy) is 1. The predicted octanol–water partition coefficient (Wildman–Crippen LogP) is 1.23. The fraction of sp³-hybridized carbons (Fsp3) is 0.800. The zero-order valence-corrected chi connectivity index (χ0v) is 10.8. The van der Waals surface area contributed by atoms with E-state index in [0.717, 1.165) is 11.6 Å². The Hall–Kier alpha value is -0.590. The average molecular weight is 245 g/mol. The Bertz CT molecular complexity index is 304. The lowest BCUT2D eigenvalue weighted by Gasteiger charge is -2.05. The molecule has 16 heavy (non-hydrogen) atoms. The van der Waals surface area contributed by atoms with E-state index in [1.165, 1.54) is 0 Å². The van der Waals surface area contributed by atoms with Crippen LogP contribution in [0.3, 0.4) is 0 Å². The third kappa shape index (κ3) is 4.96. The van der Waals surface area contributed by atoms with Crippen LogP contribution in [-0.4, -0.2) is 35.1 Å². The van der Waals surface area contributed by atoms with Crippen LogP contribution in [0.4, 0.5) is 0 Å². The Morgan fingerprint density at radius 3 is 2.88 bits per heavy atom. The van der Waals surface area contributed by atoms with Gasteiger partial charge in [0.25, 0.3) is 0 Å². The Morgan fingerprint density at radius 2 is 2.25 bits per heavy atom. The third-order valence-corrected chi connectivity index (χ3v) is 2.97. The molecular weight excluding hydrogens is 226 g/mol. The van der Waals surface area contributed by atoms with Gasteiger partial charge in [-0.25, -0.2) is 0 Å². The number of rotatable bonds is 7. The standard InChI is InChI=1S/C10H19N3O2S/c1-7(2)16-6-9-12-10(15-13-9)4-8(11)5-14-3/h7-8H,4-6,11H2,1-3H3. The smallest absolute Gasteiger partial charge is 0.228 e. The Morgan fingerprint density at radius 1 is 1.50 bits per heavy atom. The SMILES string of the molecule is COCC(N)Cc1nc(CSC(C)C)no1. The van der Waals surface area contributed by atoms with Crippen molar-refractivity contribution in [2.75, 3.05) is 13.7 Å². The van der Waals surface area contributed by atoms with Gasteiger partial charge in [0, 0.05) is 19.6 Å². The molecule has 1 aromatic rings. The van der Waals surface area contributed by atoms with Crippen molar-refractivity contribution in [3.63, 3.8) is 0 Å². The van der Waals surface area contributed by atoms with E-state index in [9.17, 15) is 0 Å². The molecule has 1 aromatic heterocycles. The normalized spacial score (nSPS) is 13.3. The number of thioether (sulfide) groups is 1. The number of hydrogen-bond donors (Lipinski definition) is 1. The molecule has 1 unspecified atom stereocenters. The maximum absolute atomic E-state index is 5.79. The van der Waals surface area contributed by atoms with Crippen LogP contribution in [-0.2, 0) is 16.9 Å². The van der Waals surface area contributed by atoms with E-state index in [-0.39, 0.29) is 6.04 Å². The molecule has 1 rings (SSSR count). The first kappa shape index (κ1) is 13.5. The van der Waals surface area contributed by atoms with Crippen LogP contribution < -0.4 is 5.73 Å². The molecule has 0 saturated carbocycles. The Balaban J connectivity index is 2.39. The van der Waals surface area contributed by atoms with Gasteiger partial charge in [-0.1, -0.05) is 19.0 Å². The van der Waals surface area contributed by atoms with E-state index < -0.39 is 0 Å². The van der Waals surface area contributed by atoms with Crippen molar-refractivity contribution >= 4 is 11.8 Å². The molecule has 2 N–H and O–H groups in total. The van der Waals surface area contributed by atoms with Crippen molar-refractivity contribution in [1.29, 1.82) is 0 Å². The molecule has 0 saturated heterocycles. The lowest BCUT2D eigenvalue weighted by atomic mass is 10.2. The first-order chi connectivity index (χ1) is 7.61. The summed E-state index contributed by atoms with van der Waals surface area (Å²) < 4.78 is 10.0. The second-order valence-electron chi connectivity index (χ2n) is 3.88. The zero-order valence-electron chi connectivity index (χ0n) is 9.97. The largest absolute Gasteiger partial charge is 0.383 e. The molecule has 0 aliphatic rings. The summed E-state index contributed by atoms with van der Waals surface area (Å²) in [6, 6.07) is -0.0870. The van der Waals surface area contributed by atoms with Crippen molar-refractivity contribution in [2.24, 2.45) is 5.73 Å². The quantitative estimate of drug-likeness (QED) is 0.778. The Labute approximate surface area is 100 Å². The van der Waals surface area contributed by atoms with Crippen LogP contribution >= 0.6 is 11.8 Å². The topological polar surface area (TPSA) is 74.2 Å². The van der Waals surface area contributed by atoms with Crippen molar-refractivity contribution in [3.8, 4) is 0 Å². The minimum absolute atomic E-state index is 0.0870. The van der Waals surface area contributed by atoms with Crippen LogP contribution in [0.5, 0.6) is 0 Å². The van der Waals surface area contributed by atoms with Crippen LogP contribution in [0.15, 0.2) is 4.52 Å². The minimum Gasteiger partial charge on any atom is -0.383 e. The number of hydrogen-bond acceptors (Lipinski definition) is 6. The highest BCUT2D eigenvalue weighted by Gasteiger charge is 2.11. The van der Waals surface area contributed by atoms with Crippen molar-refractivity contribution in [2.45, 2.75) is 37.3 Å². The zero-order chi connectivity index (χ0) is 12.0. The number of methoxy groups -OCH3 is 1. The summed E-state index contributed by atoms with van der Waals surface area (Å²) in [5.74, 6) is 2.10. The van der Waals surface area contributed by atoms with Gasteiger partial charge in [-0.3, -0.25) is 0 Å². The van der Waals surface area contributed by atoms with Crippen molar-refractivity contribution < 1.29 is 9.26 Å². The van der Waals surface area contributed by atoms with Gasteiger partial charge in [-0.15, -0.1) is 0 Å². The summed E-state index contributed by atoms with van der Waals surface area (Å²) in [5, 5.41) is 4.47. The lowest BCUT2D eigenvalue weighted by molar-refractivity contribution is 0.176. The fourth-order valence-corrected chi connectivity index (χ4v) is 1.77. The molecule has 0 aliphatic carbocycles. The van der Waals surface area contributed by atoms with E-state index in [2.05, 4.69) is 24.0 Å². The first-order valence-corrected chi connectivity index (χ1v) is 6.34. The van der Waals surface area contributed by atoms with Crippen molar-refractivity contribution in [3.05, 3.63) is 11.7 Å². The van der Waals surface area contributed by atoms with Gasteiger partial charge in [-0.05, 0) is 5.25 Å². The molecule has 0 aliphatic heterocycles. The van der Waals surface area contributed by atoms with Crippen LogP contribution in [0.2, 0.25) is 0 Å². The average Bonchev–Trinajstić information content (AvgIpc) is 2.63. The number of nitrogens with zero attached hydrogens (tertiary/aromatic N) is 2. The van der Waals surface area contributed by atoms with E-state index in [1.54, 1.807) is 18.9 Å².